The van der Waals surface area contributed by atoms with Crippen LogP contribution >= 0.6 is 0 Å². The lowest BCUT2D eigenvalue weighted by atomic mass is 10.2. The molecule has 0 aliphatic carbocycles. The Hall–Kier alpha value is -1.47. The molecule has 1 atom stereocenters. The summed E-state index contributed by atoms with van der Waals surface area (Å²) in [7, 11) is 0. The van der Waals surface area contributed by atoms with Crippen molar-refractivity contribution in [2.24, 2.45) is 0 Å². The van der Waals surface area contributed by atoms with Crippen molar-refractivity contribution in [3.05, 3.63) is 35.9 Å². The Labute approximate surface area is 111 Å². The lowest BCUT2D eigenvalue weighted by Gasteiger charge is -2.15. The molecule has 0 saturated carbocycles. The Morgan fingerprint density at radius 3 is 2.47 bits per heavy atom. The average Bonchev–Trinajstić information content (AvgIpc) is 2.37. The highest BCUT2D eigenvalue weighted by molar-refractivity contribution is 5.14. The Kier molecular flexibility index (Phi) is 6.44. The molecule has 0 aliphatic rings. The van der Waals surface area contributed by atoms with Crippen molar-refractivity contribution >= 4 is 0 Å². The van der Waals surface area contributed by atoms with E-state index in [9.17, 15) is 13.2 Å². The standard InChI is InChI=1S/C15H17F3O/c1-2-3-4-8-11-14(15(16,17)18)19-12-13-9-6-5-7-10-13/h5-7,9-10,14H,2-4,12H2,1H3/t14-/m0/s1. The van der Waals surface area contributed by atoms with Crippen LogP contribution in [0.3, 0.4) is 0 Å². The molecule has 1 aromatic carbocycles. The summed E-state index contributed by atoms with van der Waals surface area (Å²) in [5.41, 5.74) is 0.701. The number of alkyl halides is 3. The molecule has 0 bridgehead atoms. The summed E-state index contributed by atoms with van der Waals surface area (Å²) in [4.78, 5) is 0. The van der Waals surface area contributed by atoms with Crippen molar-refractivity contribution in [1.29, 1.82) is 0 Å². The molecular weight excluding hydrogens is 253 g/mol. The van der Waals surface area contributed by atoms with Crippen molar-refractivity contribution in [1.82, 2.24) is 0 Å². The molecule has 104 valence electrons. The predicted octanol–water partition coefficient (Wildman–Crippen LogP) is 4.33. The van der Waals surface area contributed by atoms with Gasteiger partial charge in [0.1, 0.15) is 0 Å². The SMILES string of the molecule is CCCCC#C[C@H](OCc1ccccc1)C(F)(F)F. The number of ether oxygens (including phenoxy) is 1. The van der Waals surface area contributed by atoms with Crippen LogP contribution in [0, 0.1) is 11.8 Å². The minimum Gasteiger partial charge on any atom is -0.352 e. The predicted molar refractivity (Wildman–Crippen MR) is 68.4 cm³/mol. The molecule has 0 N–H and O–H groups in total. The zero-order valence-electron chi connectivity index (χ0n) is 10.8. The maximum Gasteiger partial charge on any atom is 0.426 e. The van der Waals surface area contributed by atoms with Crippen molar-refractivity contribution < 1.29 is 17.9 Å². The van der Waals surface area contributed by atoms with Crippen LogP contribution in [0.5, 0.6) is 0 Å². The van der Waals surface area contributed by atoms with E-state index in [0.29, 0.717) is 12.0 Å². The van der Waals surface area contributed by atoms with Gasteiger partial charge in [0.25, 0.3) is 0 Å². The van der Waals surface area contributed by atoms with Crippen molar-refractivity contribution in [3.8, 4) is 11.8 Å². The van der Waals surface area contributed by atoms with Gasteiger partial charge in [0.2, 0.25) is 6.10 Å². The number of unbranched alkanes of at least 4 members (excludes halogenated alkanes) is 2. The van der Waals surface area contributed by atoms with E-state index in [1.54, 1.807) is 30.3 Å². The first-order valence-electron chi connectivity index (χ1n) is 6.24. The highest BCUT2D eigenvalue weighted by Gasteiger charge is 2.39. The topological polar surface area (TPSA) is 9.23 Å². The summed E-state index contributed by atoms with van der Waals surface area (Å²) < 4.78 is 43.0. The maximum atomic E-state index is 12.7. The second-order valence-electron chi connectivity index (χ2n) is 4.14. The second-order valence-corrected chi connectivity index (χ2v) is 4.14. The maximum absolute atomic E-state index is 12.7. The van der Waals surface area contributed by atoms with E-state index in [0.717, 1.165) is 12.8 Å². The Balaban J connectivity index is 2.57. The van der Waals surface area contributed by atoms with E-state index in [-0.39, 0.29) is 6.61 Å². The summed E-state index contributed by atoms with van der Waals surface area (Å²) >= 11 is 0. The zero-order chi connectivity index (χ0) is 14.1. The first kappa shape index (κ1) is 15.6. The Morgan fingerprint density at radius 1 is 1.21 bits per heavy atom. The first-order chi connectivity index (χ1) is 9.04. The van der Waals surface area contributed by atoms with Crippen LogP contribution in [0.4, 0.5) is 13.2 Å². The van der Waals surface area contributed by atoms with Gasteiger partial charge < -0.3 is 4.74 Å². The molecule has 4 heteroatoms. The lowest BCUT2D eigenvalue weighted by molar-refractivity contribution is -0.203. The van der Waals surface area contributed by atoms with Crippen LogP contribution in [-0.4, -0.2) is 12.3 Å². The van der Waals surface area contributed by atoms with Crippen LogP contribution < -0.4 is 0 Å². The van der Waals surface area contributed by atoms with Gasteiger partial charge >= 0.3 is 6.18 Å². The van der Waals surface area contributed by atoms with Gasteiger partial charge in [0.15, 0.2) is 0 Å². The Bertz CT molecular complexity index is 415. The summed E-state index contributed by atoms with van der Waals surface area (Å²) in [6.45, 7) is 1.88. The molecule has 0 saturated heterocycles. The normalized spacial score (nSPS) is 12.6. The summed E-state index contributed by atoms with van der Waals surface area (Å²) in [5.74, 6) is 4.70. The molecular formula is C15H17F3O. The zero-order valence-corrected chi connectivity index (χ0v) is 10.8. The third-order valence-electron chi connectivity index (χ3n) is 2.45. The fourth-order valence-corrected chi connectivity index (χ4v) is 1.40. The third kappa shape index (κ3) is 6.30. The average molecular weight is 270 g/mol. The van der Waals surface area contributed by atoms with Gasteiger partial charge in [0, 0.05) is 6.42 Å². The van der Waals surface area contributed by atoms with E-state index in [4.69, 9.17) is 4.74 Å². The number of hydrogen-bond donors (Lipinski definition) is 0. The van der Waals surface area contributed by atoms with E-state index in [2.05, 4.69) is 11.8 Å². The number of hydrogen-bond acceptors (Lipinski definition) is 1. The molecule has 1 nitrogen and oxygen atoms in total. The minimum absolute atomic E-state index is 0.0898. The highest BCUT2D eigenvalue weighted by atomic mass is 19.4. The van der Waals surface area contributed by atoms with Crippen LogP contribution in [0.2, 0.25) is 0 Å². The van der Waals surface area contributed by atoms with Gasteiger partial charge in [-0.15, -0.1) is 5.92 Å². The third-order valence-corrected chi connectivity index (χ3v) is 2.45. The van der Waals surface area contributed by atoms with Crippen molar-refractivity contribution in [2.45, 2.75) is 45.1 Å². The molecule has 0 heterocycles. The molecule has 0 radical (unpaired) electrons. The molecule has 1 rings (SSSR count). The van der Waals surface area contributed by atoms with Crippen LogP contribution in [-0.2, 0) is 11.3 Å². The summed E-state index contributed by atoms with van der Waals surface area (Å²) in [5, 5.41) is 0. The van der Waals surface area contributed by atoms with Crippen LogP contribution in [0.1, 0.15) is 31.7 Å². The van der Waals surface area contributed by atoms with Gasteiger partial charge in [0.05, 0.1) is 6.61 Å². The highest BCUT2D eigenvalue weighted by Crippen LogP contribution is 2.23. The molecule has 19 heavy (non-hydrogen) atoms. The number of halogens is 3. The van der Waals surface area contributed by atoms with Gasteiger partial charge in [-0.1, -0.05) is 49.6 Å². The fraction of sp³-hybridized carbons (Fsp3) is 0.467. The van der Waals surface area contributed by atoms with Gasteiger partial charge in [-0.2, -0.15) is 13.2 Å². The Morgan fingerprint density at radius 2 is 1.89 bits per heavy atom. The monoisotopic (exact) mass is 270 g/mol. The van der Waals surface area contributed by atoms with E-state index >= 15 is 0 Å². The first-order valence-corrected chi connectivity index (χ1v) is 6.24. The molecule has 0 aromatic heterocycles. The number of rotatable bonds is 5. The van der Waals surface area contributed by atoms with Gasteiger partial charge in [-0.25, -0.2) is 0 Å². The van der Waals surface area contributed by atoms with Crippen LogP contribution in [0.15, 0.2) is 30.3 Å². The largest absolute Gasteiger partial charge is 0.426 e. The smallest absolute Gasteiger partial charge is 0.352 e. The van der Waals surface area contributed by atoms with Crippen LogP contribution in [0.25, 0.3) is 0 Å². The van der Waals surface area contributed by atoms with Gasteiger partial charge in [-0.3, -0.25) is 0 Å². The molecule has 0 fully saturated rings. The molecule has 0 unspecified atom stereocenters. The van der Waals surface area contributed by atoms with Gasteiger partial charge in [-0.05, 0) is 12.0 Å². The summed E-state index contributed by atoms with van der Waals surface area (Å²) in [6.07, 6.45) is -4.28. The van der Waals surface area contributed by atoms with E-state index in [1.165, 1.54) is 0 Å². The molecule has 0 spiro atoms. The lowest BCUT2D eigenvalue weighted by Crippen LogP contribution is -2.30. The fourth-order valence-electron chi connectivity index (χ4n) is 1.40. The van der Waals surface area contributed by atoms with E-state index in [1.807, 2.05) is 6.92 Å². The minimum atomic E-state index is -4.45. The summed E-state index contributed by atoms with van der Waals surface area (Å²) in [6, 6.07) is 8.76. The van der Waals surface area contributed by atoms with Crippen molar-refractivity contribution in [3.63, 3.8) is 0 Å². The van der Waals surface area contributed by atoms with E-state index < -0.39 is 12.3 Å². The quantitative estimate of drug-likeness (QED) is 0.571. The second kappa shape index (κ2) is 7.85. The number of benzene rings is 1. The molecule has 0 amide bonds. The molecule has 1 aromatic rings. The molecule has 0 aliphatic heterocycles. The van der Waals surface area contributed by atoms with Crippen molar-refractivity contribution in [2.75, 3.05) is 0 Å².